The quantitative estimate of drug-likeness (QED) is 0.890. The smallest absolute Gasteiger partial charge is 0.0969 e. The number of ether oxygens (including phenoxy) is 1. The van der Waals surface area contributed by atoms with Gasteiger partial charge in [-0.15, -0.1) is 0 Å². The molecule has 1 aromatic rings. The summed E-state index contributed by atoms with van der Waals surface area (Å²) < 4.78 is 7.94. The maximum atomic E-state index is 9.66. The zero-order valence-corrected chi connectivity index (χ0v) is 10.9. The minimum absolute atomic E-state index is 0.354. The molecule has 0 saturated carbocycles. The molecule has 1 atom stereocenters. The van der Waals surface area contributed by atoms with Crippen LogP contribution in [0.4, 0.5) is 0 Å². The van der Waals surface area contributed by atoms with Crippen molar-refractivity contribution in [2.45, 2.75) is 33.4 Å². The summed E-state index contributed by atoms with van der Waals surface area (Å²) in [5.74, 6) is 0. The van der Waals surface area contributed by atoms with Gasteiger partial charge in [-0.2, -0.15) is 5.10 Å². The van der Waals surface area contributed by atoms with Gasteiger partial charge < -0.3 is 9.84 Å². The monoisotopic (exact) mass is 276 g/mol. The van der Waals surface area contributed by atoms with Crippen molar-refractivity contribution in [3.63, 3.8) is 0 Å². The number of hydrogen-bond donors (Lipinski definition) is 1. The van der Waals surface area contributed by atoms with Crippen LogP contribution in [0.5, 0.6) is 0 Å². The number of nitrogens with zero attached hydrogens (tertiary/aromatic N) is 2. The second kappa shape index (κ2) is 5.63. The van der Waals surface area contributed by atoms with E-state index in [1.165, 1.54) is 0 Å². The molecule has 1 N–H and O–H groups in total. The van der Waals surface area contributed by atoms with Crippen LogP contribution in [0.2, 0.25) is 0 Å². The Labute approximate surface area is 98.4 Å². The van der Waals surface area contributed by atoms with Crippen molar-refractivity contribution in [3.8, 4) is 0 Å². The Balaban J connectivity index is 2.60. The van der Waals surface area contributed by atoms with Gasteiger partial charge in [-0.25, -0.2) is 0 Å². The maximum Gasteiger partial charge on any atom is 0.0969 e. The Hall–Kier alpha value is -0.390. The largest absolute Gasteiger partial charge is 0.389 e. The number of rotatable bonds is 5. The van der Waals surface area contributed by atoms with Crippen molar-refractivity contribution in [2.24, 2.45) is 0 Å². The molecule has 15 heavy (non-hydrogen) atoms. The Bertz CT molecular complexity index is 325. The van der Waals surface area contributed by atoms with Gasteiger partial charge in [0.15, 0.2) is 0 Å². The zero-order valence-electron chi connectivity index (χ0n) is 9.33. The summed E-state index contributed by atoms with van der Waals surface area (Å²) in [6.07, 6.45) is -0.505. The molecule has 1 heterocycles. The maximum absolute atomic E-state index is 9.66. The Morgan fingerprint density at radius 2 is 2.20 bits per heavy atom. The van der Waals surface area contributed by atoms with E-state index in [2.05, 4.69) is 21.0 Å². The summed E-state index contributed by atoms with van der Waals surface area (Å²) in [6, 6.07) is 0. The predicted octanol–water partition coefficient (Wildman–Crippen LogP) is 1.66. The highest BCUT2D eigenvalue weighted by Crippen LogP contribution is 2.19. The molecule has 0 aromatic carbocycles. The molecule has 0 bridgehead atoms. The van der Waals surface area contributed by atoms with E-state index in [1.54, 1.807) is 4.68 Å². The lowest BCUT2D eigenvalue weighted by Crippen LogP contribution is -2.23. The number of aliphatic hydroxyl groups is 1. The first-order chi connectivity index (χ1) is 7.06. The molecule has 0 spiro atoms. The van der Waals surface area contributed by atoms with Gasteiger partial charge in [0.05, 0.1) is 29.4 Å². The number of aliphatic hydroxyl groups excluding tert-OH is 1. The van der Waals surface area contributed by atoms with Gasteiger partial charge in [-0.05, 0) is 36.7 Å². The average Bonchev–Trinajstić information content (AvgIpc) is 2.43. The van der Waals surface area contributed by atoms with Crippen molar-refractivity contribution in [3.05, 3.63) is 15.9 Å². The van der Waals surface area contributed by atoms with Crippen LogP contribution in [0.15, 0.2) is 4.47 Å². The molecule has 0 aliphatic heterocycles. The highest BCUT2D eigenvalue weighted by atomic mass is 79.9. The van der Waals surface area contributed by atoms with E-state index in [9.17, 15) is 5.11 Å². The molecule has 1 unspecified atom stereocenters. The van der Waals surface area contributed by atoms with E-state index in [4.69, 9.17) is 4.74 Å². The Morgan fingerprint density at radius 3 is 2.67 bits per heavy atom. The Morgan fingerprint density at radius 1 is 1.53 bits per heavy atom. The van der Waals surface area contributed by atoms with E-state index < -0.39 is 6.10 Å². The number of aryl methyl sites for hydroxylation is 1. The SMILES string of the molecule is CCOCC(O)Cn1nc(C)c(Br)c1C. The van der Waals surface area contributed by atoms with E-state index >= 15 is 0 Å². The van der Waals surface area contributed by atoms with E-state index in [1.807, 2.05) is 20.8 Å². The van der Waals surface area contributed by atoms with Gasteiger partial charge in [-0.3, -0.25) is 4.68 Å². The lowest BCUT2D eigenvalue weighted by Gasteiger charge is -2.11. The molecule has 4 nitrogen and oxygen atoms in total. The third kappa shape index (κ3) is 3.29. The summed E-state index contributed by atoms with van der Waals surface area (Å²) in [7, 11) is 0. The molecule has 0 amide bonds. The summed E-state index contributed by atoms with van der Waals surface area (Å²) in [5.41, 5.74) is 1.97. The molecule has 0 radical (unpaired) electrons. The van der Waals surface area contributed by atoms with Crippen molar-refractivity contribution in [1.29, 1.82) is 0 Å². The van der Waals surface area contributed by atoms with Gasteiger partial charge in [0.25, 0.3) is 0 Å². The minimum atomic E-state index is -0.505. The minimum Gasteiger partial charge on any atom is -0.389 e. The fourth-order valence-corrected chi connectivity index (χ4v) is 1.64. The van der Waals surface area contributed by atoms with Crippen molar-refractivity contribution >= 4 is 15.9 Å². The lowest BCUT2D eigenvalue weighted by atomic mass is 10.3. The molecule has 0 aliphatic rings. The van der Waals surface area contributed by atoms with Crippen LogP contribution in [0.25, 0.3) is 0 Å². The summed E-state index contributed by atoms with van der Waals surface area (Å²) in [5, 5.41) is 14.0. The van der Waals surface area contributed by atoms with E-state index in [-0.39, 0.29) is 0 Å². The highest BCUT2D eigenvalue weighted by Gasteiger charge is 2.12. The summed E-state index contributed by atoms with van der Waals surface area (Å²) >= 11 is 3.45. The molecule has 1 aromatic heterocycles. The van der Waals surface area contributed by atoms with Crippen LogP contribution in [0.3, 0.4) is 0 Å². The van der Waals surface area contributed by atoms with Crippen LogP contribution in [-0.2, 0) is 11.3 Å². The first-order valence-electron chi connectivity index (χ1n) is 5.01. The highest BCUT2D eigenvalue weighted by molar-refractivity contribution is 9.10. The number of halogens is 1. The lowest BCUT2D eigenvalue weighted by molar-refractivity contribution is 0.0312. The van der Waals surface area contributed by atoms with E-state index in [0.717, 1.165) is 15.9 Å². The van der Waals surface area contributed by atoms with Crippen molar-refractivity contribution < 1.29 is 9.84 Å². The molecule has 1 rings (SSSR count). The topological polar surface area (TPSA) is 47.3 Å². The van der Waals surface area contributed by atoms with Gasteiger partial charge in [0, 0.05) is 12.3 Å². The van der Waals surface area contributed by atoms with Crippen molar-refractivity contribution in [1.82, 2.24) is 9.78 Å². The molecule has 86 valence electrons. The number of hydrogen-bond acceptors (Lipinski definition) is 3. The third-order valence-corrected chi connectivity index (χ3v) is 3.34. The van der Waals surface area contributed by atoms with Crippen LogP contribution in [0.1, 0.15) is 18.3 Å². The normalized spacial score (nSPS) is 13.1. The van der Waals surface area contributed by atoms with Crippen LogP contribution >= 0.6 is 15.9 Å². The summed E-state index contributed by atoms with van der Waals surface area (Å²) in [4.78, 5) is 0. The third-order valence-electron chi connectivity index (χ3n) is 2.19. The fourth-order valence-electron chi connectivity index (χ4n) is 1.36. The van der Waals surface area contributed by atoms with Gasteiger partial charge in [0.1, 0.15) is 0 Å². The standard InChI is InChI=1S/C10H17BrN2O2/c1-4-15-6-9(14)5-13-8(3)10(11)7(2)12-13/h9,14H,4-6H2,1-3H3. The zero-order chi connectivity index (χ0) is 11.4. The molecule has 5 heteroatoms. The second-order valence-corrected chi connectivity index (χ2v) is 4.27. The molecular weight excluding hydrogens is 260 g/mol. The van der Waals surface area contributed by atoms with Crippen LogP contribution in [-0.4, -0.2) is 34.2 Å². The molecule has 0 fully saturated rings. The molecule has 0 aliphatic carbocycles. The first-order valence-corrected chi connectivity index (χ1v) is 5.80. The van der Waals surface area contributed by atoms with E-state index in [0.29, 0.717) is 19.8 Å². The van der Waals surface area contributed by atoms with Gasteiger partial charge in [-0.1, -0.05) is 0 Å². The predicted molar refractivity (Wildman–Crippen MR) is 61.9 cm³/mol. The molecular formula is C10H17BrN2O2. The summed E-state index contributed by atoms with van der Waals surface area (Å²) in [6.45, 7) is 7.26. The average molecular weight is 277 g/mol. The first kappa shape index (κ1) is 12.7. The molecule has 0 saturated heterocycles. The van der Waals surface area contributed by atoms with Gasteiger partial charge >= 0.3 is 0 Å². The second-order valence-electron chi connectivity index (χ2n) is 3.48. The Kier molecular flexibility index (Phi) is 4.76. The van der Waals surface area contributed by atoms with Crippen molar-refractivity contribution in [2.75, 3.05) is 13.2 Å². The van der Waals surface area contributed by atoms with Gasteiger partial charge in [0.2, 0.25) is 0 Å². The van der Waals surface area contributed by atoms with Crippen LogP contribution in [0, 0.1) is 13.8 Å². The number of aromatic nitrogens is 2. The van der Waals surface area contributed by atoms with Crippen LogP contribution < -0.4 is 0 Å². The fraction of sp³-hybridized carbons (Fsp3) is 0.700.